The van der Waals surface area contributed by atoms with Gasteiger partial charge in [0.1, 0.15) is 0 Å². The number of hydrogen-bond acceptors (Lipinski definition) is 1. The molecule has 3 rings (SSSR count). The molecule has 2 aromatic rings. The number of aryl methyl sites for hydroxylation is 2. The van der Waals surface area contributed by atoms with Gasteiger partial charge in [-0.3, -0.25) is 4.79 Å². The van der Waals surface area contributed by atoms with Crippen LogP contribution in [0.2, 0.25) is 0 Å². The van der Waals surface area contributed by atoms with E-state index in [1.807, 2.05) is 0 Å². The minimum Gasteiger partial charge on any atom is -0.358 e. The van der Waals surface area contributed by atoms with Crippen molar-refractivity contribution in [2.24, 2.45) is 5.92 Å². The van der Waals surface area contributed by atoms with E-state index in [0.717, 1.165) is 19.3 Å². The largest absolute Gasteiger partial charge is 0.358 e. The summed E-state index contributed by atoms with van der Waals surface area (Å²) < 4.78 is 0. The summed E-state index contributed by atoms with van der Waals surface area (Å²) in [5.41, 5.74) is 5.31. The van der Waals surface area contributed by atoms with E-state index in [0.29, 0.717) is 12.3 Å². The van der Waals surface area contributed by atoms with E-state index >= 15 is 0 Å². The minimum absolute atomic E-state index is 0.189. The Morgan fingerprint density at radius 1 is 1.43 bits per heavy atom. The first-order valence-electron chi connectivity index (χ1n) is 7.93. The molecule has 1 aromatic heterocycles. The van der Waals surface area contributed by atoms with Gasteiger partial charge in [-0.05, 0) is 43.2 Å². The lowest BCUT2D eigenvalue weighted by atomic mass is 9.91. The first kappa shape index (κ1) is 14.2. The Labute approximate surface area is 126 Å². The molecule has 3 nitrogen and oxygen atoms in total. The van der Waals surface area contributed by atoms with Crippen molar-refractivity contribution in [3.63, 3.8) is 0 Å². The van der Waals surface area contributed by atoms with Gasteiger partial charge in [0.05, 0.1) is 0 Å². The lowest BCUT2D eigenvalue weighted by Gasteiger charge is -2.24. The smallest absolute Gasteiger partial charge is 0.220 e. The molecule has 0 fully saturated rings. The van der Waals surface area contributed by atoms with Gasteiger partial charge < -0.3 is 10.3 Å². The number of hydrogen-bond donors (Lipinski definition) is 2. The van der Waals surface area contributed by atoms with E-state index in [9.17, 15) is 4.79 Å². The van der Waals surface area contributed by atoms with Gasteiger partial charge in [0.25, 0.3) is 0 Å². The van der Waals surface area contributed by atoms with Gasteiger partial charge in [-0.1, -0.05) is 32.0 Å². The fourth-order valence-electron chi connectivity index (χ4n) is 3.37. The lowest BCUT2D eigenvalue weighted by molar-refractivity contribution is -0.122. The highest BCUT2D eigenvalue weighted by atomic mass is 16.1. The Kier molecular flexibility index (Phi) is 3.75. The zero-order valence-corrected chi connectivity index (χ0v) is 13.1. The highest BCUT2D eigenvalue weighted by molar-refractivity contribution is 5.87. The maximum absolute atomic E-state index is 12.0. The summed E-state index contributed by atoms with van der Waals surface area (Å²) in [6, 6.07) is 6.73. The number of carbonyl (C=O) groups is 1. The fraction of sp³-hybridized carbons (Fsp3) is 0.500. The molecule has 0 saturated heterocycles. The van der Waals surface area contributed by atoms with Crippen LogP contribution in [0.4, 0.5) is 0 Å². The summed E-state index contributed by atoms with van der Waals surface area (Å²) in [5.74, 6) is 0.606. The Balaban J connectivity index is 1.80. The molecular formula is C18H24N2O. The molecule has 2 N–H and O–H groups in total. The van der Waals surface area contributed by atoms with E-state index < -0.39 is 0 Å². The molecule has 0 saturated carbocycles. The van der Waals surface area contributed by atoms with Gasteiger partial charge in [0.15, 0.2) is 0 Å². The van der Waals surface area contributed by atoms with E-state index in [2.05, 4.69) is 49.3 Å². The normalized spacial score (nSPS) is 18.0. The highest BCUT2D eigenvalue weighted by Gasteiger charge is 2.24. The molecule has 0 radical (unpaired) electrons. The van der Waals surface area contributed by atoms with Crippen molar-refractivity contribution in [1.82, 2.24) is 10.3 Å². The number of benzene rings is 1. The van der Waals surface area contributed by atoms with Crippen molar-refractivity contribution < 1.29 is 4.79 Å². The monoisotopic (exact) mass is 284 g/mol. The average Bonchev–Trinajstić information content (AvgIpc) is 2.77. The number of rotatable bonds is 3. The van der Waals surface area contributed by atoms with E-state index in [4.69, 9.17) is 0 Å². The van der Waals surface area contributed by atoms with Crippen molar-refractivity contribution in [3.8, 4) is 0 Å². The van der Waals surface area contributed by atoms with Crippen LogP contribution in [0.25, 0.3) is 10.9 Å². The molecule has 1 amide bonds. The van der Waals surface area contributed by atoms with Gasteiger partial charge in [0, 0.05) is 29.1 Å². The number of aromatic nitrogens is 1. The number of carbonyl (C=O) groups excluding carboxylic acids is 1. The molecule has 0 aliphatic heterocycles. The number of nitrogens with one attached hydrogen (secondary N) is 2. The first-order chi connectivity index (χ1) is 10.0. The quantitative estimate of drug-likeness (QED) is 0.890. The Morgan fingerprint density at radius 2 is 2.24 bits per heavy atom. The maximum atomic E-state index is 12.0. The minimum atomic E-state index is 0.189. The number of H-pyrrole nitrogens is 1. The standard InChI is InChI=1S/C18H24N2O/c1-11(2)9-17(21)19-13-7-8-16-15(10-13)14-6-4-5-12(3)18(14)20-16/h4-6,11,13,20H,7-10H2,1-3H3,(H,19,21). The SMILES string of the molecule is Cc1cccc2c3c([nH]c12)CCC(NC(=O)CC(C)C)C3. The van der Waals surface area contributed by atoms with E-state index in [1.54, 1.807) is 0 Å². The summed E-state index contributed by atoms with van der Waals surface area (Å²) in [4.78, 5) is 15.5. The predicted molar refractivity (Wildman–Crippen MR) is 86.4 cm³/mol. The van der Waals surface area contributed by atoms with Crippen LogP contribution in [0.5, 0.6) is 0 Å². The Hall–Kier alpha value is -1.77. The summed E-state index contributed by atoms with van der Waals surface area (Å²) in [6.45, 7) is 6.31. The van der Waals surface area contributed by atoms with E-state index in [1.165, 1.54) is 27.7 Å². The second kappa shape index (κ2) is 5.55. The molecular weight excluding hydrogens is 260 g/mol. The van der Waals surface area contributed by atoms with Crippen LogP contribution in [0, 0.1) is 12.8 Å². The van der Waals surface area contributed by atoms with Crippen molar-refractivity contribution in [2.75, 3.05) is 0 Å². The lowest BCUT2D eigenvalue weighted by Crippen LogP contribution is -2.39. The number of para-hydroxylation sites is 1. The summed E-state index contributed by atoms with van der Waals surface area (Å²) in [6.07, 6.45) is 3.62. The van der Waals surface area contributed by atoms with Crippen LogP contribution in [0.1, 0.15) is 43.5 Å². The van der Waals surface area contributed by atoms with Crippen LogP contribution in [-0.2, 0) is 17.6 Å². The third kappa shape index (κ3) is 2.82. The van der Waals surface area contributed by atoms with Crippen molar-refractivity contribution in [1.29, 1.82) is 0 Å². The van der Waals surface area contributed by atoms with Crippen LogP contribution in [0.3, 0.4) is 0 Å². The summed E-state index contributed by atoms with van der Waals surface area (Å²) >= 11 is 0. The molecule has 0 spiro atoms. The van der Waals surface area contributed by atoms with Crippen molar-refractivity contribution in [3.05, 3.63) is 35.0 Å². The summed E-state index contributed by atoms with van der Waals surface area (Å²) in [5, 5.41) is 4.53. The van der Waals surface area contributed by atoms with Gasteiger partial charge >= 0.3 is 0 Å². The molecule has 1 atom stereocenters. The first-order valence-corrected chi connectivity index (χ1v) is 7.93. The van der Waals surface area contributed by atoms with E-state index in [-0.39, 0.29) is 11.9 Å². The molecule has 0 bridgehead atoms. The third-order valence-corrected chi connectivity index (χ3v) is 4.39. The van der Waals surface area contributed by atoms with Crippen molar-refractivity contribution in [2.45, 2.75) is 52.5 Å². The average molecular weight is 284 g/mol. The molecule has 1 aliphatic carbocycles. The molecule has 1 aliphatic rings. The summed E-state index contributed by atoms with van der Waals surface area (Å²) in [7, 11) is 0. The fourth-order valence-corrected chi connectivity index (χ4v) is 3.37. The number of aromatic amines is 1. The van der Waals surface area contributed by atoms with Gasteiger partial charge in [0.2, 0.25) is 5.91 Å². The van der Waals surface area contributed by atoms with Crippen LogP contribution in [-0.4, -0.2) is 16.9 Å². The highest BCUT2D eigenvalue weighted by Crippen LogP contribution is 2.30. The number of amides is 1. The van der Waals surface area contributed by atoms with Crippen LogP contribution in [0.15, 0.2) is 18.2 Å². The molecule has 1 aromatic carbocycles. The molecule has 21 heavy (non-hydrogen) atoms. The third-order valence-electron chi connectivity index (χ3n) is 4.39. The molecule has 3 heteroatoms. The van der Waals surface area contributed by atoms with Crippen molar-refractivity contribution >= 4 is 16.8 Å². The van der Waals surface area contributed by atoms with Crippen LogP contribution >= 0.6 is 0 Å². The van der Waals surface area contributed by atoms with Crippen LogP contribution < -0.4 is 5.32 Å². The second-order valence-electron chi connectivity index (χ2n) is 6.68. The molecule has 1 unspecified atom stereocenters. The molecule has 112 valence electrons. The maximum Gasteiger partial charge on any atom is 0.220 e. The van der Waals surface area contributed by atoms with Gasteiger partial charge in [-0.15, -0.1) is 0 Å². The van der Waals surface area contributed by atoms with Gasteiger partial charge in [-0.2, -0.15) is 0 Å². The Morgan fingerprint density at radius 3 is 3.00 bits per heavy atom. The predicted octanol–water partition coefficient (Wildman–Crippen LogP) is 3.50. The zero-order valence-electron chi connectivity index (χ0n) is 13.1. The molecule has 1 heterocycles. The number of fused-ring (bicyclic) bond motifs is 3. The Bertz CT molecular complexity index is 669. The topological polar surface area (TPSA) is 44.9 Å². The van der Waals surface area contributed by atoms with Gasteiger partial charge in [-0.25, -0.2) is 0 Å². The second-order valence-corrected chi connectivity index (χ2v) is 6.68. The zero-order chi connectivity index (χ0) is 15.0.